The number of ether oxygens (including phenoxy) is 2. The van der Waals surface area contributed by atoms with Crippen LogP contribution in [0.3, 0.4) is 0 Å². The van der Waals surface area contributed by atoms with E-state index in [0.29, 0.717) is 22.3 Å². The number of thiocarbonyl (C=S) groups is 1. The Balaban J connectivity index is 1.88. The van der Waals surface area contributed by atoms with E-state index in [0.717, 1.165) is 31.2 Å². The lowest BCUT2D eigenvalue weighted by Gasteiger charge is -2.29. The average Bonchev–Trinajstić information content (AvgIpc) is 2.89. The molecule has 128 valence electrons. The molecule has 0 unspecified atom stereocenters. The van der Waals surface area contributed by atoms with Crippen LogP contribution in [0.1, 0.15) is 37.7 Å². The summed E-state index contributed by atoms with van der Waals surface area (Å²) in [5.41, 5.74) is 1.26. The van der Waals surface area contributed by atoms with Gasteiger partial charge in [-0.25, -0.2) is 0 Å². The van der Waals surface area contributed by atoms with Crippen molar-refractivity contribution in [3.05, 3.63) is 29.5 Å². The minimum absolute atomic E-state index is 0.0585. The van der Waals surface area contributed by atoms with Crippen molar-refractivity contribution in [3.63, 3.8) is 0 Å². The number of benzene rings is 1. The van der Waals surface area contributed by atoms with Crippen LogP contribution in [0.4, 0.5) is 0 Å². The Kier molecular flexibility index (Phi) is 5.04. The van der Waals surface area contributed by atoms with E-state index in [1.807, 2.05) is 18.2 Å². The minimum atomic E-state index is -0.0585. The molecular weight excluding hydrogens is 324 g/mol. The highest BCUT2D eigenvalue weighted by atomic mass is 32.1. The second kappa shape index (κ2) is 7.21. The fourth-order valence-corrected chi connectivity index (χ4v) is 3.67. The van der Waals surface area contributed by atoms with Crippen LogP contribution in [0.25, 0.3) is 6.08 Å². The monoisotopic (exact) mass is 346 g/mol. The van der Waals surface area contributed by atoms with Gasteiger partial charge in [0, 0.05) is 11.6 Å². The van der Waals surface area contributed by atoms with Gasteiger partial charge in [0.25, 0.3) is 5.91 Å². The maximum atomic E-state index is 12.8. The van der Waals surface area contributed by atoms with Gasteiger partial charge in [-0.3, -0.25) is 9.69 Å². The van der Waals surface area contributed by atoms with Gasteiger partial charge in [0.05, 0.1) is 14.2 Å². The molecule has 1 saturated heterocycles. The first-order chi connectivity index (χ1) is 11.6. The Hall–Kier alpha value is -2.08. The topological polar surface area (TPSA) is 50.8 Å². The third-order valence-corrected chi connectivity index (χ3v) is 4.88. The van der Waals surface area contributed by atoms with Gasteiger partial charge < -0.3 is 14.8 Å². The van der Waals surface area contributed by atoms with Gasteiger partial charge in [-0.2, -0.15) is 0 Å². The molecule has 0 radical (unpaired) electrons. The molecule has 1 aliphatic carbocycles. The van der Waals surface area contributed by atoms with E-state index >= 15 is 0 Å². The average molecular weight is 346 g/mol. The molecule has 6 heteroatoms. The Morgan fingerprint density at radius 3 is 2.62 bits per heavy atom. The van der Waals surface area contributed by atoms with E-state index in [-0.39, 0.29) is 11.9 Å². The van der Waals surface area contributed by atoms with Crippen LogP contribution in [0, 0.1) is 0 Å². The molecule has 5 nitrogen and oxygen atoms in total. The van der Waals surface area contributed by atoms with Crippen molar-refractivity contribution in [2.75, 3.05) is 14.2 Å². The zero-order valence-electron chi connectivity index (χ0n) is 14.0. The van der Waals surface area contributed by atoms with Gasteiger partial charge in [0.15, 0.2) is 5.11 Å². The first-order valence-corrected chi connectivity index (χ1v) is 8.63. The number of methoxy groups -OCH3 is 2. The summed E-state index contributed by atoms with van der Waals surface area (Å²) in [4.78, 5) is 14.6. The van der Waals surface area contributed by atoms with Crippen LogP contribution < -0.4 is 14.8 Å². The standard InChI is InChI=1S/C18H22N2O3S/c1-22-14-8-9-16(23-2)12(10-14)11-15-17(21)20(18(24)19-15)13-6-4-3-5-7-13/h8-11,13H,3-7H2,1-2H3,(H,19,24)/b15-11-. The van der Waals surface area contributed by atoms with Crippen LogP contribution in [0.2, 0.25) is 0 Å². The molecule has 1 saturated carbocycles. The molecule has 1 heterocycles. The van der Waals surface area contributed by atoms with Crippen LogP contribution in [-0.4, -0.2) is 36.2 Å². The zero-order valence-corrected chi connectivity index (χ0v) is 14.8. The third kappa shape index (κ3) is 3.24. The molecule has 0 spiro atoms. The van der Waals surface area contributed by atoms with Crippen LogP contribution in [0.15, 0.2) is 23.9 Å². The van der Waals surface area contributed by atoms with E-state index in [1.54, 1.807) is 25.2 Å². The highest BCUT2D eigenvalue weighted by molar-refractivity contribution is 7.80. The van der Waals surface area contributed by atoms with Gasteiger partial charge in [-0.15, -0.1) is 0 Å². The summed E-state index contributed by atoms with van der Waals surface area (Å²) in [7, 11) is 3.21. The summed E-state index contributed by atoms with van der Waals surface area (Å²) in [6, 6.07) is 5.70. The molecule has 0 atom stereocenters. The lowest BCUT2D eigenvalue weighted by Crippen LogP contribution is -2.41. The number of hydrogen-bond acceptors (Lipinski definition) is 4. The molecule has 1 N–H and O–H groups in total. The number of nitrogens with one attached hydrogen (secondary N) is 1. The zero-order chi connectivity index (χ0) is 17.1. The molecule has 1 aromatic rings. The normalized spacial score (nSPS) is 20.4. The third-order valence-electron chi connectivity index (χ3n) is 4.59. The van der Waals surface area contributed by atoms with E-state index in [4.69, 9.17) is 21.7 Å². The summed E-state index contributed by atoms with van der Waals surface area (Å²) in [5, 5.41) is 3.56. The lowest BCUT2D eigenvalue weighted by atomic mass is 9.94. The van der Waals surface area contributed by atoms with Gasteiger partial charge in [0.2, 0.25) is 0 Å². The van der Waals surface area contributed by atoms with Crippen molar-refractivity contribution in [2.45, 2.75) is 38.1 Å². The van der Waals surface area contributed by atoms with E-state index < -0.39 is 0 Å². The lowest BCUT2D eigenvalue weighted by molar-refractivity contribution is -0.124. The molecule has 24 heavy (non-hydrogen) atoms. The highest BCUT2D eigenvalue weighted by Crippen LogP contribution is 2.29. The second-order valence-corrected chi connectivity index (χ2v) is 6.45. The molecule has 2 aliphatic rings. The first kappa shape index (κ1) is 16.8. The summed E-state index contributed by atoms with van der Waals surface area (Å²) in [6.45, 7) is 0. The largest absolute Gasteiger partial charge is 0.497 e. The molecule has 1 aliphatic heterocycles. The highest BCUT2D eigenvalue weighted by Gasteiger charge is 2.36. The SMILES string of the molecule is COc1ccc(OC)c(/C=C2\NC(=S)N(C3CCCCC3)C2=O)c1. The maximum Gasteiger partial charge on any atom is 0.276 e. The Morgan fingerprint density at radius 2 is 1.96 bits per heavy atom. The Bertz CT molecular complexity index is 681. The first-order valence-electron chi connectivity index (χ1n) is 8.22. The van der Waals surface area contributed by atoms with Crippen LogP contribution in [-0.2, 0) is 4.79 Å². The van der Waals surface area contributed by atoms with Crippen molar-refractivity contribution in [2.24, 2.45) is 0 Å². The molecule has 3 rings (SSSR count). The van der Waals surface area contributed by atoms with Gasteiger partial charge in [-0.1, -0.05) is 19.3 Å². The Labute approximate surface area is 147 Å². The molecule has 1 amide bonds. The molecule has 0 bridgehead atoms. The summed E-state index contributed by atoms with van der Waals surface area (Å²) >= 11 is 5.40. The number of carbonyl (C=O) groups is 1. The van der Waals surface area contributed by atoms with Gasteiger partial charge in [0.1, 0.15) is 17.2 Å². The summed E-state index contributed by atoms with van der Waals surface area (Å²) < 4.78 is 10.6. The van der Waals surface area contributed by atoms with Crippen LogP contribution >= 0.6 is 12.2 Å². The molecular formula is C18H22N2O3S. The fraction of sp³-hybridized carbons (Fsp3) is 0.444. The van der Waals surface area contributed by atoms with Gasteiger partial charge >= 0.3 is 0 Å². The number of nitrogens with zero attached hydrogens (tertiary/aromatic N) is 1. The van der Waals surface area contributed by atoms with Crippen molar-refractivity contribution in [1.82, 2.24) is 10.2 Å². The quantitative estimate of drug-likeness (QED) is 0.671. The van der Waals surface area contributed by atoms with E-state index in [2.05, 4.69) is 5.32 Å². The summed E-state index contributed by atoms with van der Waals surface area (Å²) in [6.07, 6.45) is 7.35. The minimum Gasteiger partial charge on any atom is -0.497 e. The maximum absolute atomic E-state index is 12.8. The van der Waals surface area contributed by atoms with Crippen molar-refractivity contribution >= 4 is 29.3 Å². The second-order valence-electron chi connectivity index (χ2n) is 6.06. The molecule has 1 aromatic carbocycles. The Morgan fingerprint density at radius 1 is 1.21 bits per heavy atom. The van der Waals surface area contributed by atoms with Gasteiger partial charge in [-0.05, 0) is 49.3 Å². The molecule has 0 aromatic heterocycles. The number of amides is 1. The van der Waals surface area contributed by atoms with Crippen molar-refractivity contribution < 1.29 is 14.3 Å². The number of rotatable bonds is 4. The van der Waals surface area contributed by atoms with Crippen LogP contribution in [0.5, 0.6) is 11.5 Å². The fourth-order valence-electron chi connectivity index (χ4n) is 3.33. The smallest absolute Gasteiger partial charge is 0.276 e. The predicted octanol–water partition coefficient (Wildman–Crippen LogP) is 3.09. The van der Waals surface area contributed by atoms with E-state index in [1.165, 1.54) is 6.42 Å². The predicted molar refractivity (Wildman–Crippen MR) is 97.0 cm³/mol. The number of hydrogen-bond donors (Lipinski definition) is 1. The van der Waals surface area contributed by atoms with Crippen molar-refractivity contribution in [3.8, 4) is 11.5 Å². The van der Waals surface area contributed by atoms with E-state index in [9.17, 15) is 4.79 Å². The van der Waals surface area contributed by atoms with Crippen molar-refractivity contribution in [1.29, 1.82) is 0 Å². The summed E-state index contributed by atoms with van der Waals surface area (Å²) in [5.74, 6) is 1.33. The number of carbonyl (C=O) groups excluding carboxylic acids is 1. The molecule has 2 fully saturated rings.